The lowest BCUT2D eigenvalue weighted by Crippen LogP contribution is -2.03. The van der Waals surface area contributed by atoms with E-state index >= 15 is 0 Å². The lowest BCUT2D eigenvalue weighted by Gasteiger charge is -2.06. The van der Waals surface area contributed by atoms with Crippen LogP contribution in [0.5, 0.6) is 0 Å². The van der Waals surface area contributed by atoms with Gasteiger partial charge in [0.2, 0.25) is 5.89 Å². The molecule has 1 aromatic carbocycles. The Bertz CT molecular complexity index is 1000. The van der Waals surface area contributed by atoms with Crippen molar-refractivity contribution in [1.29, 1.82) is 0 Å². The first-order valence-corrected chi connectivity index (χ1v) is 8.31. The molecule has 0 saturated carbocycles. The largest absolute Gasteiger partial charge is 0.411 e. The van der Waals surface area contributed by atoms with Gasteiger partial charge < -0.3 is 4.42 Å². The van der Waals surface area contributed by atoms with Gasteiger partial charge in [-0.1, -0.05) is 23.9 Å². The third kappa shape index (κ3) is 3.10. The number of alkyl halides is 2. The van der Waals surface area contributed by atoms with Crippen LogP contribution in [0.2, 0.25) is 0 Å². The first kappa shape index (κ1) is 15.7. The predicted octanol–water partition coefficient (Wildman–Crippen LogP) is 4.17. The molecule has 3 heterocycles. The summed E-state index contributed by atoms with van der Waals surface area (Å²) in [5, 5.41) is 8.19. The molecule has 0 saturated heterocycles. The third-order valence-electron chi connectivity index (χ3n) is 3.52. The Balaban J connectivity index is 1.57. The Kier molecular flexibility index (Phi) is 4.14. The summed E-state index contributed by atoms with van der Waals surface area (Å²) in [5.41, 5.74) is 1.67. The quantitative estimate of drug-likeness (QED) is 0.498. The minimum absolute atomic E-state index is 0.191. The standard InChI is InChI=1S/C16H11F2N5OS/c17-15(18)23-12-4-2-1-3-11(12)20-13(23)9-25-16-22-21-14(24-16)10-5-7-19-8-6-10/h1-8,15H,9H2. The van der Waals surface area contributed by atoms with Crippen LogP contribution in [0.1, 0.15) is 12.4 Å². The highest BCUT2D eigenvalue weighted by Gasteiger charge is 2.18. The van der Waals surface area contributed by atoms with Gasteiger partial charge in [0.25, 0.3) is 5.22 Å². The Morgan fingerprint density at radius 2 is 1.88 bits per heavy atom. The number of hydrogen-bond acceptors (Lipinski definition) is 6. The molecule has 0 unspecified atom stereocenters. The highest BCUT2D eigenvalue weighted by Crippen LogP contribution is 2.29. The fraction of sp³-hybridized carbons (Fsp3) is 0.125. The second kappa shape index (κ2) is 6.60. The molecule has 0 aliphatic rings. The molecule has 4 aromatic rings. The van der Waals surface area contributed by atoms with E-state index in [1.54, 1.807) is 48.8 Å². The minimum atomic E-state index is -2.67. The molecule has 6 nitrogen and oxygen atoms in total. The lowest BCUT2D eigenvalue weighted by atomic mass is 10.3. The molecule has 0 radical (unpaired) electrons. The molecule has 126 valence electrons. The number of fused-ring (bicyclic) bond motifs is 1. The minimum Gasteiger partial charge on any atom is -0.411 e. The van der Waals surface area contributed by atoms with Gasteiger partial charge in [0.05, 0.1) is 16.8 Å². The molecule has 0 atom stereocenters. The van der Waals surface area contributed by atoms with Crippen molar-refractivity contribution in [2.24, 2.45) is 0 Å². The zero-order valence-corrected chi connectivity index (χ0v) is 13.5. The summed E-state index contributed by atoms with van der Waals surface area (Å²) in [6.07, 6.45) is 3.24. The third-order valence-corrected chi connectivity index (χ3v) is 4.34. The molecule has 0 amide bonds. The maximum absolute atomic E-state index is 13.4. The van der Waals surface area contributed by atoms with Crippen LogP contribution in [0, 0.1) is 0 Å². The van der Waals surface area contributed by atoms with E-state index in [2.05, 4.69) is 20.2 Å². The topological polar surface area (TPSA) is 69.6 Å². The molecular weight excluding hydrogens is 348 g/mol. The summed E-state index contributed by atoms with van der Waals surface area (Å²) >= 11 is 1.16. The van der Waals surface area contributed by atoms with Crippen LogP contribution in [0.25, 0.3) is 22.5 Å². The van der Waals surface area contributed by atoms with Crippen molar-refractivity contribution in [1.82, 2.24) is 24.7 Å². The maximum Gasteiger partial charge on any atom is 0.320 e. The Morgan fingerprint density at radius 3 is 2.68 bits per heavy atom. The summed E-state index contributed by atoms with van der Waals surface area (Å²) in [6, 6.07) is 10.3. The van der Waals surface area contributed by atoms with Gasteiger partial charge in [0.1, 0.15) is 5.82 Å². The van der Waals surface area contributed by atoms with Crippen LogP contribution in [0.4, 0.5) is 8.78 Å². The van der Waals surface area contributed by atoms with E-state index in [-0.39, 0.29) is 11.6 Å². The summed E-state index contributed by atoms with van der Waals surface area (Å²) in [4.78, 5) is 8.20. The van der Waals surface area contributed by atoms with E-state index in [1.807, 2.05) is 0 Å². The van der Waals surface area contributed by atoms with Crippen molar-refractivity contribution in [2.75, 3.05) is 0 Å². The first-order valence-electron chi connectivity index (χ1n) is 7.33. The van der Waals surface area contributed by atoms with Gasteiger partial charge in [-0.15, -0.1) is 10.2 Å². The van der Waals surface area contributed by atoms with Crippen molar-refractivity contribution in [3.8, 4) is 11.5 Å². The molecule has 3 aromatic heterocycles. The van der Waals surface area contributed by atoms with E-state index in [9.17, 15) is 8.78 Å². The molecular formula is C16H11F2N5OS. The summed E-state index contributed by atoms with van der Waals surface area (Å²) < 4.78 is 33.3. The Morgan fingerprint density at radius 1 is 1.08 bits per heavy atom. The molecule has 25 heavy (non-hydrogen) atoms. The summed E-state index contributed by atoms with van der Waals surface area (Å²) in [7, 11) is 0. The van der Waals surface area contributed by atoms with Gasteiger partial charge in [0.15, 0.2) is 0 Å². The number of nitrogens with zero attached hydrogens (tertiary/aromatic N) is 5. The van der Waals surface area contributed by atoms with E-state index < -0.39 is 6.55 Å². The molecule has 9 heteroatoms. The monoisotopic (exact) mass is 359 g/mol. The number of halogens is 2. The van der Waals surface area contributed by atoms with Crippen LogP contribution in [-0.4, -0.2) is 24.7 Å². The fourth-order valence-corrected chi connectivity index (χ4v) is 3.11. The van der Waals surface area contributed by atoms with Gasteiger partial charge in [-0.25, -0.2) is 4.98 Å². The molecule has 0 fully saturated rings. The highest BCUT2D eigenvalue weighted by molar-refractivity contribution is 7.98. The number of benzene rings is 1. The van der Waals surface area contributed by atoms with Gasteiger partial charge in [-0.3, -0.25) is 9.55 Å². The molecule has 4 rings (SSSR count). The number of aromatic nitrogens is 5. The Hall–Kier alpha value is -2.81. The van der Waals surface area contributed by atoms with Crippen LogP contribution < -0.4 is 0 Å². The average Bonchev–Trinajstić information content (AvgIpc) is 3.25. The highest BCUT2D eigenvalue weighted by atomic mass is 32.2. The van der Waals surface area contributed by atoms with Crippen molar-refractivity contribution >= 4 is 22.8 Å². The van der Waals surface area contributed by atoms with Crippen molar-refractivity contribution in [3.63, 3.8) is 0 Å². The number of para-hydroxylation sites is 2. The number of thioether (sulfide) groups is 1. The normalized spacial score (nSPS) is 11.5. The van der Waals surface area contributed by atoms with Gasteiger partial charge >= 0.3 is 6.55 Å². The van der Waals surface area contributed by atoms with Crippen LogP contribution in [-0.2, 0) is 5.75 Å². The second-order valence-electron chi connectivity index (χ2n) is 5.06. The number of rotatable bonds is 5. The predicted molar refractivity (Wildman–Crippen MR) is 88.1 cm³/mol. The van der Waals surface area contributed by atoms with Gasteiger partial charge in [-0.2, -0.15) is 8.78 Å². The zero-order chi connectivity index (χ0) is 17.2. The van der Waals surface area contributed by atoms with Crippen LogP contribution in [0.3, 0.4) is 0 Å². The first-order chi connectivity index (χ1) is 12.2. The molecule has 0 N–H and O–H groups in total. The lowest BCUT2D eigenvalue weighted by molar-refractivity contribution is 0.0722. The average molecular weight is 359 g/mol. The van der Waals surface area contributed by atoms with Crippen LogP contribution >= 0.6 is 11.8 Å². The number of imidazole rings is 1. The van der Waals surface area contributed by atoms with Gasteiger partial charge in [0, 0.05) is 18.0 Å². The molecule has 0 aliphatic heterocycles. The number of pyridine rings is 1. The zero-order valence-electron chi connectivity index (χ0n) is 12.7. The van der Waals surface area contributed by atoms with Crippen molar-refractivity contribution < 1.29 is 13.2 Å². The van der Waals surface area contributed by atoms with Gasteiger partial charge in [-0.05, 0) is 24.3 Å². The van der Waals surface area contributed by atoms with E-state index in [0.717, 1.165) is 21.9 Å². The maximum atomic E-state index is 13.4. The smallest absolute Gasteiger partial charge is 0.320 e. The van der Waals surface area contributed by atoms with Crippen molar-refractivity contribution in [2.45, 2.75) is 17.5 Å². The van der Waals surface area contributed by atoms with E-state index in [1.165, 1.54) is 0 Å². The second-order valence-corrected chi connectivity index (χ2v) is 5.99. The molecule has 0 aliphatic carbocycles. The molecule has 0 bridgehead atoms. The fourth-order valence-electron chi connectivity index (χ4n) is 2.42. The number of hydrogen-bond donors (Lipinski definition) is 0. The summed E-state index contributed by atoms with van der Waals surface area (Å²) in [5.74, 6) is 0.800. The van der Waals surface area contributed by atoms with E-state index in [0.29, 0.717) is 22.1 Å². The van der Waals surface area contributed by atoms with Crippen LogP contribution in [0.15, 0.2) is 58.4 Å². The van der Waals surface area contributed by atoms with E-state index in [4.69, 9.17) is 4.42 Å². The van der Waals surface area contributed by atoms with Crippen molar-refractivity contribution in [3.05, 3.63) is 54.6 Å². The Labute approximate surface area is 144 Å². The SMILES string of the molecule is FC(F)n1c(CSc2nnc(-c3ccncc3)o2)nc2ccccc21. The molecule has 0 spiro atoms. The summed E-state index contributed by atoms with van der Waals surface area (Å²) in [6.45, 7) is -2.67.